The number of carbonyl (C=O) groups is 2. The first-order valence-corrected chi connectivity index (χ1v) is 3.68. The van der Waals surface area contributed by atoms with Gasteiger partial charge in [-0.15, -0.1) is 12.8 Å². The molecule has 0 rings (SSSR count). The summed E-state index contributed by atoms with van der Waals surface area (Å²) in [6, 6.07) is 0. The van der Waals surface area contributed by atoms with Gasteiger partial charge in [-0.05, 0) is 0 Å². The minimum absolute atomic E-state index is 0.0625. The molecule has 0 spiro atoms. The molecule has 14 heavy (non-hydrogen) atoms. The Morgan fingerprint density at radius 3 is 2.07 bits per heavy atom. The van der Waals surface area contributed by atoms with Crippen molar-refractivity contribution in [3.8, 4) is 24.7 Å². The van der Waals surface area contributed by atoms with Gasteiger partial charge in [0.05, 0.1) is 13.1 Å². The van der Waals surface area contributed by atoms with Crippen molar-refractivity contribution in [2.24, 2.45) is 0 Å². The lowest BCUT2D eigenvalue weighted by atomic mass is 10.4. The van der Waals surface area contributed by atoms with Crippen molar-refractivity contribution in [2.75, 3.05) is 13.1 Å². The molecule has 0 atom stereocenters. The minimum atomic E-state index is -1.19. The maximum absolute atomic E-state index is 11.2. The van der Waals surface area contributed by atoms with E-state index in [2.05, 4.69) is 11.8 Å². The van der Waals surface area contributed by atoms with E-state index in [0.717, 1.165) is 12.2 Å². The Morgan fingerprint density at radius 1 is 1.21 bits per heavy atom. The Bertz CT molecular complexity index is 314. The molecule has 1 amide bonds. The first-order valence-electron chi connectivity index (χ1n) is 3.68. The van der Waals surface area contributed by atoms with Gasteiger partial charge < -0.3 is 10.0 Å². The monoisotopic (exact) mass is 191 g/mol. The van der Waals surface area contributed by atoms with E-state index in [1.165, 1.54) is 4.90 Å². The molecule has 0 aromatic heterocycles. The molecule has 0 unspecified atom stereocenters. The summed E-state index contributed by atoms with van der Waals surface area (Å²) in [5.41, 5.74) is 0. The van der Waals surface area contributed by atoms with Gasteiger partial charge in [-0.3, -0.25) is 4.79 Å². The molecule has 0 aromatic rings. The van der Waals surface area contributed by atoms with Crippen molar-refractivity contribution in [1.29, 1.82) is 0 Å². The SMILES string of the molecule is C#CCN(CC#C)C(=O)/C=C/C(=O)O. The summed E-state index contributed by atoms with van der Waals surface area (Å²) in [6.07, 6.45) is 11.7. The van der Waals surface area contributed by atoms with E-state index in [1.807, 2.05) is 0 Å². The lowest BCUT2D eigenvalue weighted by Gasteiger charge is -2.14. The quantitative estimate of drug-likeness (QED) is 0.491. The number of carbonyl (C=O) groups excluding carboxylic acids is 1. The van der Waals surface area contributed by atoms with E-state index < -0.39 is 11.9 Å². The molecule has 0 aliphatic carbocycles. The third-order valence-corrected chi connectivity index (χ3v) is 1.24. The summed E-state index contributed by atoms with van der Waals surface area (Å²) in [4.78, 5) is 22.5. The first kappa shape index (κ1) is 11.8. The number of hydrogen-bond acceptors (Lipinski definition) is 2. The van der Waals surface area contributed by atoms with Crippen LogP contribution in [0.2, 0.25) is 0 Å². The number of rotatable bonds is 4. The molecule has 0 fully saturated rings. The molecular formula is C10H9NO3. The van der Waals surface area contributed by atoms with E-state index in [-0.39, 0.29) is 13.1 Å². The van der Waals surface area contributed by atoms with Crippen LogP contribution in [0.25, 0.3) is 0 Å². The van der Waals surface area contributed by atoms with E-state index in [1.54, 1.807) is 0 Å². The van der Waals surface area contributed by atoms with Crippen molar-refractivity contribution in [1.82, 2.24) is 4.90 Å². The zero-order valence-corrected chi connectivity index (χ0v) is 7.43. The van der Waals surface area contributed by atoms with Crippen LogP contribution in [-0.2, 0) is 9.59 Å². The molecule has 0 radical (unpaired) electrons. The van der Waals surface area contributed by atoms with Gasteiger partial charge in [-0.25, -0.2) is 4.79 Å². The molecule has 0 aliphatic heterocycles. The average molecular weight is 191 g/mol. The molecule has 0 aliphatic rings. The normalized spacial score (nSPS) is 9.00. The Morgan fingerprint density at radius 2 is 1.71 bits per heavy atom. The van der Waals surface area contributed by atoms with Crippen LogP contribution in [0.4, 0.5) is 0 Å². The zero-order chi connectivity index (χ0) is 11.0. The Kier molecular flexibility index (Phi) is 5.34. The Labute approximate surface area is 82.2 Å². The second-order valence-corrected chi connectivity index (χ2v) is 2.27. The maximum atomic E-state index is 11.2. The third-order valence-electron chi connectivity index (χ3n) is 1.24. The van der Waals surface area contributed by atoms with Crippen molar-refractivity contribution in [2.45, 2.75) is 0 Å². The summed E-state index contributed by atoms with van der Waals surface area (Å²) < 4.78 is 0. The van der Waals surface area contributed by atoms with Crippen LogP contribution in [0.5, 0.6) is 0 Å². The lowest BCUT2D eigenvalue weighted by Crippen LogP contribution is -2.30. The van der Waals surface area contributed by atoms with Gasteiger partial charge in [0.15, 0.2) is 0 Å². The molecule has 0 bridgehead atoms. The second kappa shape index (κ2) is 6.33. The summed E-state index contributed by atoms with van der Waals surface area (Å²) in [5, 5.41) is 8.27. The van der Waals surface area contributed by atoms with E-state index in [9.17, 15) is 9.59 Å². The van der Waals surface area contributed by atoms with Crippen LogP contribution in [-0.4, -0.2) is 35.0 Å². The number of amides is 1. The van der Waals surface area contributed by atoms with Gasteiger partial charge in [0.25, 0.3) is 0 Å². The number of carboxylic acid groups (broad SMARTS) is 1. The number of carboxylic acids is 1. The van der Waals surface area contributed by atoms with E-state index in [4.69, 9.17) is 18.0 Å². The van der Waals surface area contributed by atoms with Crippen molar-refractivity contribution in [3.05, 3.63) is 12.2 Å². The van der Waals surface area contributed by atoms with Gasteiger partial charge in [-0.2, -0.15) is 0 Å². The van der Waals surface area contributed by atoms with Gasteiger partial charge >= 0.3 is 5.97 Å². The van der Waals surface area contributed by atoms with Crippen molar-refractivity contribution in [3.63, 3.8) is 0 Å². The fourth-order valence-corrected chi connectivity index (χ4v) is 0.680. The minimum Gasteiger partial charge on any atom is -0.478 e. The molecule has 0 saturated heterocycles. The molecule has 0 heterocycles. The van der Waals surface area contributed by atoms with Crippen LogP contribution in [0.15, 0.2) is 12.2 Å². The number of terminal acetylenes is 2. The maximum Gasteiger partial charge on any atom is 0.328 e. The molecule has 1 N–H and O–H groups in total. The summed E-state index contributed by atoms with van der Waals surface area (Å²) in [5.74, 6) is 2.79. The van der Waals surface area contributed by atoms with Crippen LogP contribution < -0.4 is 0 Å². The predicted octanol–water partition coefficient (Wildman–Crippen LogP) is -0.278. The highest BCUT2D eigenvalue weighted by Crippen LogP contribution is 1.90. The lowest BCUT2D eigenvalue weighted by molar-refractivity contribution is -0.132. The highest BCUT2D eigenvalue weighted by atomic mass is 16.4. The fraction of sp³-hybridized carbons (Fsp3) is 0.200. The summed E-state index contributed by atoms with van der Waals surface area (Å²) in [6.45, 7) is 0.125. The number of hydrogen-bond donors (Lipinski definition) is 1. The first-order chi connectivity index (χ1) is 6.61. The number of aliphatic carboxylic acids is 1. The van der Waals surface area contributed by atoms with Crippen LogP contribution >= 0.6 is 0 Å². The molecule has 4 nitrogen and oxygen atoms in total. The fourth-order valence-electron chi connectivity index (χ4n) is 0.680. The molecule has 4 heteroatoms. The van der Waals surface area contributed by atoms with Gasteiger partial charge in [0.2, 0.25) is 5.91 Å². The molecule has 0 saturated carbocycles. The molecule has 0 aromatic carbocycles. The van der Waals surface area contributed by atoms with Gasteiger partial charge in [-0.1, -0.05) is 11.8 Å². The Hall–Kier alpha value is -2.20. The zero-order valence-electron chi connectivity index (χ0n) is 7.43. The van der Waals surface area contributed by atoms with Crippen LogP contribution in [0.1, 0.15) is 0 Å². The summed E-state index contributed by atoms with van der Waals surface area (Å²) >= 11 is 0. The van der Waals surface area contributed by atoms with E-state index >= 15 is 0 Å². The highest BCUT2D eigenvalue weighted by molar-refractivity contribution is 5.94. The molecular weight excluding hydrogens is 182 g/mol. The van der Waals surface area contributed by atoms with Crippen LogP contribution in [0.3, 0.4) is 0 Å². The standard InChI is InChI=1S/C10H9NO3/c1-3-7-11(8-4-2)9(12)5-6-10(13)14/h1-2,5-6H,7-8H2,(H,13,14)/b6-5+. The largest absolute Gasteiger partial charge is 0.478 e. The third kappa shape index (κ3) is 4.63. The predicted molar refractivity (Wildman–Crippen MR) is 51.0 cm³/mol. The topological polar surface area (TPSA) is 57.6 Å². The average Bonchev–Trinajstić information content (AvgIpc) is 2.14. The Balaban J connectivity index is 4.39. The molecule has 72 valence electrons. The highest BCUT2D eigenvalue weighted by Gasteiger charge is 2.07. The summed E-state index contributed by atoms with van der Waals surface area (Å²) in [7, 11) is 0. The van der Waals surface area contributed by atoms with Crippen molar-refractivity contribution < 1.29 is 14.7 Å². The van der Waals surface area contributed by atoms with Gasteiger partial charge in [0, 0.05) is 12.2 Å². The van der Waals surface area contributed by atoms with Crippen molar-refractivity contribution >= 4 is 11.9 Å². The second-order valence-electron chi connectivity index (χ2n) is 2.27. The van der Waals surface area contributed by atoms with E-state index in [0.29, 0.717) is 0 Å². The van der Waals surface area contributed by atoms with Crippen LogP contribution in [0, 0.1) is 24.7 Å². The smallest absolute Gasteiger partial charge is 0.328 e. The van der Waals surface area contributed by atoms with Gasteiger partial charge in [0.1, 0.15) is 0 Å². The number of nitrogens with zero attached hydrogens (tertiary/aromatic N) is 1.